The van der Waals surface area contributed by atoms with Crippen molar-refractivity contribution in [1.82, 2.24) is 39.4 Å². The van der Waals surface area contributed by atoms with Crippen LogP contribution in [0, 0.1) is 0 Å². The van der Waals surface area contributed by atoms with Crippen molar-refractivity contribution in [2.75, 3.05) is 38.2 Å². The van der Waals surface area contributed by atoms with Crippen molar-refractivity contribution in [3.05, 3.63) is 43.2 Å². The van der Waals surface area contributed by atoms with Crippen LogP contribution >= 0.6 is 0 Å². The molecule has 0 bridgehead atoms. The third-order valence-corrected chi connectivity index (χ3v) is 5.49. The molecule has 5 heterocycles. The van der Waals surface area contributed by atoms with Gasteiger partial charge in [-0.3, -0.25) is 14.1 Å². The Morgan fingerprint density at radius 2 is 2.00 bits per heavy atom. The molecule has 1 N–H and O–H groups in total. The zero-order valence-corrected chi connectivity index (χ0v) is 18.3. The van der Waals surface area contributed by atoms with Crippen LogP contribution < -0.4 is 5.32 Å². The van der Waals surface area contributed by atoms with Gasteiger partial charge in [0.15, 0.2) is 0 Å². The number of ether oxygens (including phenoxy) is 1. The average Bonchev–Trinajstić information content (AvgIpc) is 3.45. The van der Waals surface area contributed by atoms with E-state index in [9.17, 15) is 0 Å². The van der Waals surface area contributed by atoms with Gasteiger partial charge in [-0.15, -0.1) is 5.10 Å². The number of hydrogen-bond acceptors (Lipinski definition) is 8. The van der Waals surface area contributed by atoms with Gasteiger partial charge in [-0.05, 0) is 19.9 Å². The molecule has 0 unspecified atom stereocenters. The minimum atomic E-state index is 0.254. The largest absolute Gasteiger partial charge is 0.382 e. The van der Waals surface area contributed by atoms with E-state index in [0.29, 0.717) is 0 Å². The van der Waals surface area contributed by atoms with Crippen molar-refractivity contribution in [3.63, 3.8) is 0 Å². The molecule has 0 saturated carbocycles. The molecule has 10 heteroatoms. The van der Waals surface area contributed by atoms with Crippen molar-refractivity contribution in [1.29, 1.82) is 0 Å². The summed E-state index contributed by atoms with van der Waals surface area (Å²) in [7, 11) is 0. The first-order chi connectivity index (χ1) is 15.7. The van der Waals surface area contributed by atoms with Crippen molar-refractivity contribution in [2.45, 2.75) is 26.4 Å². The number of morpholine rings is 1. The van der Waals surface area contributed by atoms with E-state index in [1.807, 2.05) is 40.0 Å². The first-order valence-electron chi connectivity index (χ1n) is 10.9. The summed E-state index contributed by atoms with van der Waals surface area (Å²) in [6.45, 7) is 9.48. The Kier molecular flexibility index (Phi) is 5.78. The molecule has 1 aliphatic heterocycles. The van der Waals surface area contributed by atoms with Crippen LogP contribution in [0.15, 0.2) is 43.2 Å². The molecule has 0 atom stereocenters. The van der Waals surface area contributed by atoms with E-state index in [1.165, 1.54) is 0 Å². The van der Waals surface area contributed by atoms with Crippen LogP contribution in [0.5, 0.6) is 0 Å². The van der Waals surface area contributed by atoms with Crippen LogP contribution in [-0.4, -0.2) is 78.3 Å². The highest BCUT2D eigenvalue weighted by Gasteiger charge is 2.15. The number of hydrogen-bond donors (Lipinski definition) is 1. The molecule has 0 aliphatic carbocycles. The van der Waals surface area contributed by atoms with Crippen molar-refractivity contribution < 1.29 is 4.74 Å². The highest BCUT2D eigenvalue weighted by Crippen LogP contribution is 2.29. The molecule has 166 valence electrons. The quantitative estimate of drug-likeness (QED) is 0.474. The van der Waals surface area contributed by atoms with Gasteiger partial charge < -0.3 is 10.1 Å². The lowest BCUT2D eigenvalue weighted by atomic mass is 10.1. The van der Waals surface area contributed by atoms with Gasteiger partial charge in [-0.1, -0.05) is 5.21 Å². The Hall–Kier alpha value is -3.37. The van der Waals surface area contributed by atoms with E-state index in [0.717, 1.165) is 73.2 Å². The lowest BCUT2D eigenvalue weighted by Crippen LogP contribution is -2.38. The third-order valence-electron chi connectivity index (χ3n) is 5.49. The van der Waals surface area contributed by atoms with Gasteiger partial charge >= 0.3 is 0 Å². The summed E-state index contributed by atoms with van der Waals surface area (Å²) in [6.07, 6.45) is 9.15. The highest BCUT2D eigenvalue weighted by atomic mass is 16.5. The number of nitrogens with one attached hydrogen (secondary N) is 1. The number of pyridine rings is 1. The fourth-order valence-corrected chi connectivity index (χ4v) is 3.87. The molecule has 0 amide bonds. The van der Waals surface area contributed by atoms with Gasteiger partial charge in [-0.2, -0.15) is 0 Å². The summed E-state index contributed by atoms with van der Waals surface area (Å²) in [6, 6.07) is 4.27. The molecule has 32 heavy (non-hydrogen) atoms. The zero-order chi connectivity index (χ0) is 21.9. The van der Waals surface area contributed by atoms with E-state index in [2.05, 4.69) is 44.3 Å². The van der Waals surface area contributed by atoms with Gasteiger partial charge in [0.05, 0.1) is 26.0 Å². The predicted octanol–water partition coefficient (Wildman–Crippen LogP) is 2.23. The second-order valence-corrected chi connectivity index (χ2v) is 8.20. The van der Waals surface area contributed by atoms with E-state index < -0.39 is 0 Å². The minimum Gasteiger partial charge on any atom is -0.382 e. The van der Waals surface area contributed by atoms with Crippen LogP contribution in [0.1, 0.15) is 13.8 Å². The summed E-state index contributed by atoms with van der Waals surface area (Å²) in [4.78, 5) is 15.6. The molecule has 0 aromatic carbocycles. The molecule has 0 spiro atoms. The number of anilines is 1. The number of fused-ring (bicyclic) bond motifs is 1. The Labute approximate surface area is 186 Å². The molecule has 5 rings (SSSR count). The summed E-state index contributed by atoms with van der Waals surface area (Å²) in [5.41, 5.74) is 3.51. The SMILES string of the molecule is CC(C)Nc1cc(-n2ccc3cncnc32)ncc1-c1cn(CCN2CCOCC2)nn1. The van der Waals surface area contributed by atoms with Gasteiger partial charge in [0.25, 0.3) is 0 Å². The van der Waals surface area contributed by atoms with E-state index in [4.69, 9.17) is 9.72 Å². The average molecular weight is 434 g/mol. The summed E-state index contributed by atoms with van der Waals surface area (Å²) in [5, 5.41) is 13.3. The van der Waals surface area contributed by atoms with E-state index >= 15 is 0 Å². The van der Waals surface area contributed by atoms with Crippen LogP contribution in [0.4, 0.5) is 5.69 Å². The second kappa shape index (κ2) is 9.01. The van der Waals surface area contributed by atoms with Crippen LogP contribution in [0.3, 0.4) is 0 Å². The fourth-order valence-electron chi connectivity index (χ4n) is 3.87. The van der Waals surface area contributed by atoms with Crippen LogP contribution in [-0.2, 0) is 11.3 Å². The normalized spacial score (nSPS) is 15.0. The number of aromatic nitrogens is 7. The first kappa shape index (κ1) is 20.5. The Morgan fingerprint density at radius 3 is 2.84 bits per heavy atom. The predicted molar refractivity (Wildman–Crippen MR) is 122 cm³/mol. The third kappa shape index (κ3) is 4.32. The van der Waals surface area contributed by atoms with Gasteiger partial charge in [0.1, 0.15) is 23.5 Å². The first-order valence-corrected chi connectivity index (χ1v) is 10.9. The smallest absolute Gasteiger partial charge is 0.149 e. The Bertz CT molecular complexity index is 1190. The Morgan fingerprint density at radius 1 is 1.12 bits per heavy atom. The van der Waals surface area contributed by atoms with Crippen LogP contribution in [0.25, 0.3) is 28.1 Å². The van der Waals surface area contributed by atoms with E-state index in [-0.39, 0.29) is 6.04 Å². The maximum absolute atomic E-state index is 5.42. The molecule has 1 fully saturated rings. The molecule has 1 saturated heterocycles. The topological polar surface area (TPSA) is 98.8 Å². The van der Waals surface area contributed by atoms with Gasteiger partial charge in [0.2, 0.25) is 0 Å². The molecular weight excluding hydrogens is 406 g/mol. The fraction of sp³-hybridized carbons (Fsp3) is 0.409. The highest BCUT2D eigenvalue weighted by molar-refractivity contribution is 5.79. The van der Waals surface area contributed by atoms with E-state index in [1.54, 1.807) is 12.5 Å². The molecule has 4 aromatic rings. The number of nitrogens with zero attached hydrogens (tertiary/aromatic N) is 8. The summed E-state index contributed by atoms with van der Waals surface area (Å²) in [5.74, 6) is 0.783. The van der Waals surface area contributed by atoms with Crippen molar-refractivity contribution in [2.24, 2.45) is 0 Å². The molecule has 0 radical (unpaired) electrons. The zero-order valence-electron chi connectivity index (χ0n) is 18.3. The molecular formula is C22H27N9O. The van der Waals surface area contributed by atoms with Crippen molar-refractivity contribution in [3.8, 4) is 17.1 Å². The monoisotopic (exact) mass is 433 g/mol. The molecule has 10 nitrogen and oxygen atoms in total. The lowest BCUT2D eigenvalue weighted by molar-refractivity contribution is 0.0359. The number of rotatable bonds is 7. The summed E-state index contributed by atoms with van der Waals surface area (Å²) >= 11 is 0. The maximum Gasteiger partial charge on any atom is 0.149 e. The summed E-state index contributed by atoms with van der Waals surface area (Å²) < 4.78 is 9.28. The van der Waals surface area contributed by atoms with Crippen LogP contribution in [0.2, 0.25) is 0 Å². The van der Waals surface area contributed by atoms with Gasteiger partial charge in [0, 0.05) is 67.0 Å². The standard InChI is InChI=1S/C22H27N9O/c1-16(2)26-19-11-21(31-4-3-17-12-23-15-25-22(17)31)24-13-18(19)20-14-30(28-27-20)6-5-29-7-9-32-10-8-29/h3-4,11-16H,5-10H2,1-2H3,(H,24,26). The van der Waals surface area contributed by atoms with Gasteiger partial charge in [-0.25, -0.2) is 15.0 Å². The Balaban J connectivity index is 1.41. The maximum atomic E-state index is 5.42. The lowest BCUT2D eigenvalue weighted by Gasteiger charge is -2.26. The molecule has 1 aliphatic rings. The van der Waals surface area contributed by atoms with Crippen molar-refractivity contribution >= 4 is 16.7 Å². The second-order valence-electron chi connectivity index (χ2n) is 8.20. The minimum absolute atomic E-state index is 0.254. The molecule has 4 aromatic heterocycles.